The number of aryl methyl sites for hydroxylation is 1. The molecule has 5 aromatic rings. The molecule has 0 fully saturated rings. The zero-order chi connectivity index (χ0) is 30.1. The highest BCUT2D eigenvalue weighted by Crippen LogP contribution is 2.47. The van der Waals surface area contributed by atoms with Gasteiger partial charge >= 0.3 is 0 Å². The third-order valence-electron chi connectivity index (χ3n) is 6.56. The largest absolute Gasteiger partial charge is 0.493 e. The number of carbonyl (C=O) groups excluding carboxylic acids is 1. The zero-order valence-corrected chi connectivity index (χ0v) is 23.3. The summed E-state index contributed by atoms with van der Waals surface area (Å²) in [6.45, 7) is 4.39. The maximum Gasteiger partial charge on any atom is 0.280 e. The lowest BCUT2D eigenvalue weighted by atomic mass is 10.1. The molecular weight excluding hydrogens is 564 g/mol. The summed E-state index contributed by atoms with van der Waals surface area (Å²) in [7, 11) is 1.50. The number of rotatable bonds is 8. The van der Waals surface area contributed by atoms with E-state index in [-0.39, 0.29) is 41.2 Å². The number of methoxy groups -OCH3 is 1. The molecule has 6 rings (SSSR count). The van der Waals surface area contributed by atoms with Gasteiger partial charge in [-0.2, -0.15) is 5.10 Å². The standard InChI is InChI=1S/C30H25F2N5O6/c1-4-40-24-14-37(21-7-5-17(31)11-16(21)2)36-26(24)29(38)35-18-6-8-22(19(32)12-18)43-30-25-20(33-15-34-30)13-23(39-3)27-28(25)42-10-9-41-27/h5-8,11-15H,4,9-10H2,1-3H3,(H,35,38). The molecule has 11 nitrogen and oxygen atoms in total. The van der Waals surface area contributed by atoms with Crippen molar-refractivity contribution >= 4 is 22.5 Å². The molecule has 0 saturated carbocycles. The van der Waals surface area contributed by atoms with Gasteiger partial charge in [0.25, 0.3) is 5.91 Å². The summed E-state index contributed by atoms with van der Waals surface area (Å²) in [6.07, 6.45) is 2.81. The second-order valence-corrected chi connectivity index (χ2v) is 9.36. The van der Waals surface area contributed by atoms with Gasteiger partial charge < -0.3 is 29.0 Å². The summed E-state index contributed by atoms with van der Waals surface area (Å²) in [5.74, 6) is -0.520. The Labute approximate surface area is 243 Å². The van der Waals surface area contributed by atoms with Gasteiger partial charge in [-0.15, -0.1) is 0 Å². The highest BCUT2D eigenvalue weighted by atomic mass is 19.1. The first kappa shape index (κ1) is 27.7. The van der Waals surface area contributed by atoms with Crippen LogP contribution in [-0.4, -0.2) is 52.6 Å². The Morgan fingerprint density at radius 1 is 1.02 bits per heavy atom. The lowest BCUT2D eigenvalue weighted by Gasteiger charge is -2.22. The summed E-state index contributed by atoms with van der Waals surface area (Å²) in [5, 5.41) is 7.38. The number of nitrogens with one attached hydrogen (secondary N) is 1. The Balaban J connectivity index is 1.26. The van der Waals surface area contributed by atoms with Gasteiger partial charge in [-0.05, 0) is 49.7 Å². The molecule has 43 heavy (non-hydrogen) atoms. The molecule has 3 heterocycles. The van der Waals surface area contributed by atoms with Crippen molar-refractivity contribution in [2.45, 2.75) is 13.8 Å². The van der Waals surface area contributed by atoms with Crippen LogP contribution in [0, 0.1) is 18.6 Å². The van der Waals surface area contributed by atoms with Crippen molar-refractivity contribution < 1.29 is 37.3 Å². The van der Waals surface area contributed by atoms with E-state index in [1.807, 2.05) is 0 Å². The fourth-order valence-corrected chi connectivity index (χ4v) is 4.64. The number of halogens is 2. The van der Waals surface area contributed by atoms with Crippen LogP contribution < -0.4 is 29.0 Å². The smallest absolute Gasteiger partial charge is 0.280 e. The molecule has 1 N–H and O–H groups in total. The minimum atomic E-state index is -0.762. The van der Waals surface area contributed by atoms with Crippen LogP contribution in [0.5, 0.6) is 34.6 Å². The number of benzene rings is 3. The number of hydrogen-bond acceptors (Lipinski definition) is 9. The van der Waals surface area contributed by atoms with Crippen LogP contribution in [0.4, 0.5) is 14.5 Å². The zero-order valence-electron chi connectivity index (χ0n) is 23.3. The topological polar surface area (TPSA) is 119 Å². The Bertz CT molecular complexity index is 1860. The molecule has 0 radical (unpaired) electrons. The molecule has 1 amide bonds. The molecule has 0 bridgehead atoms. The van der Waals surface area contributed by atoms with E-state index in [2.05, 4.69) is 20.4 Å². The van der Waals surface area contributed by atoms with Gasteiger partial charge in [0.1, 0.15) is 30.7 Å². The molecule has 3 aromatic carbocycles. The van der Waals surface area contributed by atoms with Crippen LogP contribution >= 0.6 is 0 Å². The predicted molar refractivity (Wildman–Crippen MR) is 151 cm³/mol. The van der Waals surface area contributed by atoms with Crippen molar-refractivity contribution in [3.05, 3.63) is 77.9 Å². The van der Waals surface area contributed by atoms with Crippen molar-refractivity contribution in [3.8, 4) is 40.3 Å². The Morgan fingerprint density at radius 2 is 1.84 bits per heavy atom. The van der Waals surface area contributed by atoms with E-state index in [4.69, 9.17) is 23.7 Å². The van der Waals surface area contributed by atoms with Gasteiger partial charge in [0.15, 0.2) is 34.5 Å². The van der Waals surface area contributed by atoms with Gasteiger partial charge in [0.2, 0.25) is 11.6 Å². The maximum absolute atomic E-state index is 15.3. The maximum atomic E-state index is 15.3. The number of carbonyl (C=O) groups is 1. The number of anilines is 1. The lowest BCUT2D eigenvalue weighted by Crippen LogP contribution is -2.16. The molecule has 0 unspecified atom stereocenters. The molecule has 1 aliphatic rings. The van der Waals surface area contributed by atoms with Gasteiger partial charge in [-0.3, -0.25) is 4.79 Å². The number of hydrogen-bond donors (Lipinski definition) is 1. The van der Waals surface area contributed by atoms with Gasteiger partial charge in [0, 0.05) is 17.8 Å². The number of nitrogens with zero attached hydrogens (tertiary/aromatic N) is 4. The first-order valence-corrected chi connectivity index (χ1v) is 13.2. The van der Waals surface area contributed by atoms with E-state index < -0.39 is 11.7 Å². The van der Waals surface area contributed by atoms with E-state index in [9.17, 15) is 9.18 Å². The van der Waals surface area contributed by atoms with E-state index in [0.717, 1.165) is 6.07 Å². The summed E-state index contributed by atoms with van der Waals surface area (Å²) in [6, 6.07) is 9.80. The Kier molecular flexibility index (Phi) is 7.36. The minimum Gasteiger partial charge on any atom is -0.493 e. The average Bonchev–Trinajstić information content (AvgIpc) is 3.42. The number of fused-ring (bicyclic) bond motifs is 3. The second kappa shape index (κ2) is 11.4. The fourth-order valence-electron chi connectivity index (χ4n) is 4.64. The van der Waals surface area contributed by atoms with Crippen LogP contribution in [-0.2, 0) is 0 Å². The summed E-state index contributed by atoms with van der Waals surface area (Å²) < 4.78 is 58.7. The van der Waals surface area contributed by atoms with Crippen molar-refractivity contribution in [1.82, 2.24) is 19.7 Å². The minimum absolute atomic E-state index is 0.0267. The van der Waals surface area contributed by atoms with Crippen LogP contribution in [0.1, 0.15) is 23.0 Å². The Hall–Kier alpha value is -5.46. The first-order valence-electron chi connectivity index (χ1n) is 13.2. The molecular formula is C30H25F2N5O6. The number of aromatic nitrogens is 4. The highest BCUT2D eigenvalue weighted by molar-refractivity contribution is 6.04. The van der Waals surface area contributed by atoms with Crippen molar-refractivity contribution in [1.29, 1.82) is 0 Å². The van der Waals surface area contributed by atoms with Gasteiger partial charge in [-0.1, -0.05) is 0 Å². The number of ether oxygens (including phenoxy) is 5. The third-order valence-corrected chi connectivity index (χ3v) is 6.56. The van der Waals surface area contributed by atoms with Crippen molar-refractivity contribution in [2.75, 3.05) is 32.2 Å². The highest BCUT2D eigenvalue weighted by Gasteiger charge is 2.26. The summed E-state index contributed by atoms with van der Waals surface area (Å²) in [5.41, 5.74) is 1.77. The van der Waals surface area contributed by atoms with Crippen LogP contribution in [0.3, 0.4) is 0 Å². The summed E-state index contributed by atoms with van der Waals surface area (Å²) >= 11 is 0. The molecule has 0 saturated heterocycles. The van der Waals surface area contributed by atoms with E-state index in [0.29, 0.717) is 52.6 Å². The molecule has 220 valence electrons. The second-order valence-electron chi connectivity index (χ2n) is 9.36. The van der Waals surface area contributed by atoms with E-state index in [1.54, 1.807) is 26.0 Å². The average molecular weight is 590 g/mol. The fraction of sp³-hybridized carbons (Fsp3) is 0.200. The van der Waals surface area contributed by atoms with Gasteiger partial charge in [0.05, 0.1) is 31.1 Å². The number of amides is 1. The summed E-state index contributed by atoms with van der Waals surface area (Å²) in [4.78, 5) is 21.6. The van der Waals surface area contributed by atoms with Crippen molar-refractivity contribution in [3.63, 3.8) is 0 Å². The van der Waals surface area contributed by atoms with E-state index in [1.165, 1.54) is 48.6 Å². The molecule has 0 aliphatic carbocycles. The predicted octanol–water partition coefficient (Wildman–Crippen LogP) is 5.63. The van der Waals surface area contributed by atoms with E-state index >= 15 is 4.39 Å². The van der Waals surface area contributed by atoms with Crippen LogP contribution in [0.2, 0.25) is 0 Å². The molecule has 13 heteroatoms. The SMILES string of the molecule is CCOc1cn(-c2ccc(F)cc2C)nc1C(=O)Nc1ccc(Oc2ncnc3cc(OC)c4c(c23)OCCO4)c(F)c1. The molecule has 2 aromatic heterocycles. The molecule has 0 atom stereocenters. The first-order chi connectivity index (χ1) is 20.9. The molecule has 1 aliphatic heterocycles. The third kappa shape index (κ3) is 5.32. The van der Waals surface area contributed by atoms with Gasteiger partial charge in [-0.25, -0.2) is 23.4 Å². The van der Waals surface area contributed by atoms with Crippen molar-refractivity contribution in [2.24, 2.45) is 0 Å². The van der Waals surface area contributed by atoms with Crippen LogP contribution in [0.25, 0.3) is 16.6 Å². The quantitative estimate of drug-likeness (QED) is 0.246. The monoisotopic (exact) mass is 589 g/mol. The normalized spacial score (nSPS) is 12.2. The lowest BCUT2D eigenvalue weighted by molar-refractivity contribution is 0.101. The van der Waals surface area contributed by atoms with Crippen LogP contribution in [0.15, 0.2) is 55.0 Å². The molecule has 0 spiro atoms. The Morgan fingerprint density at radius 3 is 2.58 bits per heavy atom.